The van der Waals surface area contributed by atoms with Gasteiger partial charge in [0.05, 0.1) is 5.41 Å². The molecule has 0 aliphatic heterocycles. The van der Waals surface area contributed by atoms with Crippen molar-refractivity contribution in [3.8, 4) is 0 Å². The van der Waals surface area contributed by atoms with Gasteiger partial charge in [-0.2, -0.15) is 0 Å². The highest BCUT2D eigenvalue weighted by Crippen LogP contribution is 2.51. The van der Waals surface area contributed by atoms with Crippen molar-refractivity contribution in [3.05, 3.63) is 75.7 Å². The van der Waals surface area contributed by atoms with Crippen molar-refractivity contribution in [1.29, 1.82) is 0 Å². The predicted molar refractivity (Wildman–Crippen MR) is 133 cm³/mol. The Hall–Kier alpha value is -3.26. The van der Waals surface area contributed by atoms with Crippen molar-refractivity contribution >= 4 is 11.6 Å². The second kappa shape index (κ2) is 9.54. The average molecular weight is 463 g/mol. The van der Waals surface area contributed by atoms with Crippen LogP contribution in [-0.2, 0) is 26.1 Å². The fourth-order valence-electron chi connectivity index (χ4n) is 5.03. The van der Waals surface area contributed by atoms with Gasteiger partial charge in [-0.1, -0.05) is 32.9 Å². The van der Waals surface area contributed by atoms with Gasteiger partial charge in [-0.3, -0.25) is 9.59 Å². The molecule has 0 unspecified atom stereocenters. The molecule has 2 N–H and O–H groups in total. The zero-order valence-corrected chi connectivity index (χ0v) is 20.6. The number of hydrogen-bond acceptors (Lipinski definition) is 5. The second-order valence-corrected chi connectivity index (χ2v) is 10.1. The third-order valence-electron chi connectivity index (χ3n) is 6.57. The van der Waals surface area contributed by atoms with Gasteiger partial charge in [0.15, 0.2) is 0 Å². The Labute approximate surface area is 200 Å². The van der Waals surface area contributed by atoms with Gasteiger partial charge in [0.25, 0.3) is 11.5 Å². The van der Waals surface area contributed by atoms with Crippen molar-refractivity contribution in [3.63, 3.8) is 0 Å². The van der Waals surface area contributed by atoms with Crippen LogP contribution in [0.5, 0.6) is 0 Å². The van der Waals surface area contributed by atoms with Gasteiger partial charge >= 0.3 is 0 Å². The van der Waals surface area contributed by atoms with Crippen LogP contribution in [0, 0.1) is 11.8 Å². The number of benzene rings is 1. The monoisotopic (exact) mass is 462 g/mol. The molecule has 1 aliphatic carbocycles. The summed E-state index contributed by atoms with van der Waals surface area (Å²) in [5.41, 5.74) is 2.25. The Kier molecular flexibility index (Phi) is 6.70. The van der Waals surface area contributed by atoms with E-state index in [1.165, 1.54) is 4.57 Å². The Morgan fingerprint density at radius 1 is 1.21 bits per heavy atom. The van der Waals surface area contributed by atoms with Gasteiger partial charge in [-0.25, -0.2) is 0 Å². The van der Waals surface area contributed by atoms with Gasteiger partial charge in [-0.05, 0) is 60.5 Å². The highest BCUT2D eigenvalue weighted by Gasteiger charge is 2.48. The maximum atomic E-state index is 13.1. The lowest BCUT2D eigenvalue weighted by atomic mass is 9.58. The Balaban J connectivity index is 1.58. The van der Waals surface area contributed by atoms with Gasteiger partial charge in [0.1, 0.15) is 17.7 Å². The largest absolute Gasteiger partial charge is 0.322 e. The van der Waals surface area contributed by atoms with Crippen LogP contribution in [0.15, 0.2) is 47.7 Å². The quantitative estimate of drug-likeness (QED) is 0.536. The zero-order chi connectivity index (χ0) is 24.5. The van der Waals surface area contributed by atoms with Crippen molar-refractivity contribution in [2.24, 2.45) is 25.9 Å². The maximum Gasteiger partial charge on any atom is 0.263 e. The van der Waals surface area contributed by atoms with Crippen molar-refractivity contribution in [2.75, 3.05) is 11.9 Å². The molecule has 0 spiro atoms. The van der Waals surface area contributed by atoms with E-state index >= 15 is 0 Å². The van der Waals surface area contributed by atoms with E-state index in [9.17, 15) is 9.59 Å². The fourth-order valence-corrected chi connectivity index (χ4v) is 5.03. The summed E-state index contributed by atoms with van der Waals surface area (Å²) in [6, 6.07) is 9.56. The molecule has 8 nitrogen and oxygen atoms in total. The summed E-state index contributed by atoms with van der Waals surface area (Å²) in [6.45, 7) is 7.97. The summed E-state index contributed by atoms with van der Waals surface area (Å²) >= 11 is 0. The summed E-state index contributed by atoms with van der Waals surface area (Å²) in [4.78, 5) is 25.8. The van der Waals surface area contributed by atoms with Gasteiger partial charge < -0.3 is 19.8 Å². The number of aryl methyl sites for hydroxylation is 2. The number of nitrogens with one attached hydrogen (secondary N) is 2. The first kappa shape index (κ1) is 23.9. The first-order valence-corrected chi connectivity index (χ1v) is 11.9. The van der Waals surface area contributed by atoms with E-state index < -0.39 is 5.91 Å². The van der Waals surface area contributed by atoms with Crippen molar-refractivity contribution in [2.45, 2.75) is 45.6 Å². The minimum atomic E-state index is -0.404. The lowest BCUT2D eigenvalue weighted by Crippen LogP contribution is -2.43. The number of nitrogens with zero attached hydrogens (tertiary/aromatic N) is 4. The molecule has 2 aromatic heterocycles. The molecule has 2 heterocycles. The summed E-state index contributed by atoms with van der Waals surface area (Å²) < 4.78 is 3.44. The minimum Gasteiger partial charge on any atom is -0.322 e. The average Bonchev–Trinajstić information content (AvgIpc) is 3.19. The molecule has 180 valence electrons. The molecule has 1 aliphatic rings. The number of hydrogen-bond donors (Lipinski definition) is 2. The molecule has 0 atom stereocenters. The van der Waals surface area contributed by atoms with E-state index in [1.807, 2.05) is 29.8 Å². The molecule has 8 heteroatoms. The molecule has 0 radical (unpaired) electrons. The van der Waals surface area contributed by atoms with Crippen molar-refractivity contribution < 1.29 is 4.79 Å². The summed E-state index contributed by atoms with van der Waals surface area (Å²) in [5, 5.41) is 14.8. The number of amides is 1. The molecule has 0 saturated heterocycles. The van der Waals surface area contributed by atoms with Gasteiger partial charge in [0.2, 0.25) is 0 Å². The second-order valence-electron chi connectivity index (χ2n) is 10.1. The highest BCUT2D eigenvalue weighted by molar-refractivity contribution is 6.04. The molecular formula is C26H34N6O2. The summed E-state index contributed by atoms with van der Waals surface area (Å²) in [5.74, 6) is 1.64. The predicted octanol–water partition coefficient (Wildman–Crippen LogP) is 3.23. The third kappa shape index (κ3) is 4.68. The standard InChI is InChI=1S/C26H34N6O2/c1-17(2)13-27-14-19-9-22(24(34)31(4)15-19)23(33)29-21-8-6-7-20(10-21)26(11-18(3)12-26)25-30-28-16-32(25)5/h6-10,15-18,27H,11-14H2,1-5H3,(H,29,33). The van der Waals surface area contributed by atoms with Crippen LogP contribution in [0.3, 0.4) is 0 Å². The molecule has 1 amide bonds. The Bertz CT molecular complexity index is 1240. The van der Waals surface area contributed by atoms with E-state index in [-0.39, 0.29) is 16.5 Å². The van der Waals surface area contributed by atoms with Gasteiger partial charge in [0, 0.05) is 32.5 Å². The first-order chi connectivity index (χ1) is 16.2. The van der Waals surface area contributed by atoms with Crippen LogP contribution in [-0.4, -0.2) is 31.8 Å². The van der Waals surface area contributed by atoms with E-state index in [1.54, 1.807) is 25.6 Å². The van der Waals surface area contributed by atoms with Crippen LogP contribution in [0.1, 0.15) is 60.9 Å². The van der Waals surface area contributed by atoms with Crippen LogP contribution in [0.2, 0.25) is 0 Å². The Morgan fingerprint density at radius 3 is 2.62 bits per heavy atom. The minimum absolute atomic E-state index is 0.136. The smallest absolute Gasteiger partial charge is 0.263 e. The molecule has 0 bridgehead atoms. The highest BCUT2D eigenvalue weighted by atomic mass is 16.2. The fraction of sp³-hybridized carbons (Fsp3) is 0.462. The van der Waals surface area contributed by atoms with E-state index in [0.29, 0.717) is 24.1 Å². The number of pyridine rings is 1. The van der Waals surface area contributed by atoms with Crippen LogP contribution in [0.25, 0.3) is 0 Å². The van der Waals surface area contributed by atoms with E-state index in [2.05, 4.69) is 47.7 Å². The van der Waals surface area contributed by atoms with E-state index in [4.69, 9.17) is 0 Å². The number of aromatic nitrogens is 4. The van der Waals surface area contributed by atoms with Crippen molar-refractivity contribution in [1.82, 2.24) is 24.6 Å². The lowest BCUT2D eigenvalue weighted by molar-refractivity contribution is 0.102. The van der Waals surface area contributed by atoms with Crippen LogP contribution >= 0.6 is 0 Å². The topological polar surface area (TPSA) is 93.8 Å². The lowest BCUT2D eigenvalue weighted by Gasteiger charge is -2.46. The number of anilines is 1. The zero-order valence-electron chi connectivity index (χ0n) is 20.6. The molecular weight excluding hydrogens is 428 g/mol. The SMILES string of the molecule is CC(C)CNCc1cc(C(=O)Nc2cccc(C3(c4nncn4C)CC(C)C3)c2)c(=O)n(C)c1. The molecule has 1 fully saturated rings. The molecule has 1 saturated carbocycles. The number of rotatable bonds is 8. The molecule has 4 rings (SSSR count). The molecule has 1 aromatic carbocycles. The van der Waals surface area contributed by atoms with E-state index in [0.717, 1.165) is 36.3 Å². The molecule has 3 aromatic rings. The number of carbonyl (C=O) groups is 1. The summed E-state index contributed by atoms with van der Waals surface area (Å²) in [6.07, 6.45) is 5.45. The maximum absolute atomic E-state index is 13.1. The van der Waals surface area contributed by atoms with Crippen LogP contribution in [0.4, 0.5) is 5.69 Å². The normalized spacial score (nSPS) is 19.8. The number of carbonyl (C=O) groups excluding carboxylic acids is 1. The summed E-state index contributed by atoms with van der Waals surface area (Å²) in [7, 11) is 3.64. The Morgan fingerprint density at radius 2 is 1.97 bits per heavy atom. The van der Waals surface area contributed by atoms with Crippen LogP contribution < -0.4 is 16.2 Å². The molecule has 34 heavy (non-hydrogen) atoms. The first-order valence-electron chi connectivity index (χ1n) is 11.9. The van der Waals surface area contributed by atoms with Gasteiger partial charge in [-0.15, -0.1) is 10.2 Å². The third-order valence-corrected chi connectivity index (χ3v) is 6.57.